The molecule has 0 fully saturated rings. The van der Waals surface area contributed by atoms with Crippen LogP contribution in [-0.2, 0) is 46.9 Å². The number of hydrogen-bond acceptors (Lipinski definition) is 7. The van der Waals surface area contributed by atoms with Crippen molar-refractivity contribution in [3.63, 3.8) is 0 Å². The van der Waals surface area contributed by atoms with Crippen molar-refractivity contribution in [1.82, 2.24) is 29.9 Å². The van der Waals surface area contributed by atoms with Gasteiger partial charge >= 0.3 is 6.18 Å². The number of carbonyl (C=O) groups excluding carboxylic acids is 1. The van der Waals surface area contributed by atoms with Gasteiger partial charge in [-0.2, -0.15) is 32.1 Å². The number of nitrogens with one attached hydrogen (secondary N) is 2. The second-order valence-corrected chi connectivity index (χ2v) is 16.4. The Morgan fingerprint density at radius 1 is 1.02 bits per heavy atom. The second kappa shape index (κ2) is 14.7. The first-order chi connectivity index (χ1) is 26.7. The number of anilines is 1. The maximum atomic E-state index is 15.6. The summed E-state index contributed by atoms with van der Waals surface area (Å²) in [6.07, 6.45) is -4.78. The number of alkyl halides is 5. The fraction of sp³-hybridized carbons (Fsp3) is 0.368. The highest BCUT2D eigenvalue weighted by molar-refractivity contribution is 7.92. The molecule has 0 saturated carbocycles. The normalized spacial score (nSPS) is 17.2. The minimum Gasteiger partial charge on any atom is -0.378 e. The molecular formula is C38H35F8N7O4S. The molecule has 5 aromatic rings. The van der Waals surface area contributed by atoms with Crippen LogP contribution >= 0.6 is 0 Å². The highest BCUT2D eigenvalue weighted by Crippen LogP contribution is 2.55. The van der Waals surface area contributed by atoms with Crippen LogP contribution in [0.2, 0.25) is 0 Å². The van der Waals surface area contributed by atoms with Crippen molar-refractivity contribution in [3.05, 3.63) is 93.8 Å². The lowest BCUT2D eigenvalue weighted by Crippen LogP contribution is -2.35. The zero-order chi connectivity index (χ0) is 42.9. The minimum absolute atomic E-state index is 0.0173. The zero-order valence-electron chi connectivity index (χ0n) is 31.5. The van der Waals surface area contributed by atoms with Crippen molar-refractivity contribution in [2.45, 2.75) is 70.3 Å². The van der Waals surface area contributed by atoms with Gasteiger partial charge in [-0.1, -0.05) is 19.8 Å². The number of fused-ring (bicyclic) bond motifs is 2. The van der Waals surface area contributed by atoms with Gasteiger partial charge in [-0.15, -0.1) is 0 Å². The summed E-state index contributed by atoms with van der Waals surface area (Å²) in [5, 5.41) is 20.1. The molecule has 11 nitrogen and oxygen atoms in total. The molecule has 20 heteroatoms. The summed E-state index contributed by atoms with van der Waals surface area (Å²) in [5.41, 5.74) is -4.85. The predicted molar refractivity (Wildman–Crippen MR) is 195 cm³/mol. The number of benzene rings is 2. The van der Waals surface area contributed by atoms with Gasteiger partial charge in [0.05, 0.1) is 28.9 Å². The Morgan fingerprint density at radius 2 is 1.66 bits per heavy atom. The van der Waals surface area contributed by atoms with E-state index in [0.717, 1.165) is 31.4 Å². The minimum atomic E-state index is -5.14. The molecule has 0 radical (unpaired) electrons. The predicted octanol–water partition coefficient (Wildman–Crippen LogP) is 6.71. The lowest BCUT2D eigenvalue weighted by atomic mass is 9.93. The van der Waals surface area contributed by atoms with Gasteiger partial charge in [-0.25, -0.2) is 26.6 Å². The van der Waals surface area contributed by atoms with Crippen molar-refractivity contribution < 1.29 is 53.4 Å². The maximum absolute atomic E-state index is 15.6. The number of hydrogen-bond donors (Lipinski definition) is 3. The molecule has 6 rings (SSSR count). The quantitative estimate of drug-likeness (QED) is 0.111. The van der Waals surface area contributed by atoms with Gasteiger partial charge in [0.1, 0.15) is 41.0 Å². The van der Waals surface area contributed by atoms with E-state index in [1.54, 1.807) is 0 Å². The van der Waals surface area contributed by atoms with Crippen LogP contribution in [0.15, 0.2) is 42.5 Å². The number of pyridine rings is 1. The highest BCUT2D eigenvalue weighted by Gasteiger charge is 2.57. The summed E-state index contributed by atoms with van der Waals surface area (Å²) in [4.78, 5) is 18.5. The van der Waals surface area contributed by atoms with E-state index in [4.69, 9.17) is 0 Å². The number of carbonyl (C=O) groups is 1. The van der Waals surface area contributed by atoms with E-state index in [2.05, 4.69) is 37.1 Å². The summed E-state index contributed by atoms with van der Waals surface area (Å²) in [6.45, 7) is 3.91. The summed E-state index contributed by atoms with van der Waals surface area (Å²) in [6, 6.07) is 6.14. The Balaban J connectivity index is 1.55. The van der Waals surface area contributed by atoms with Crippen LogP contribution in [0.1, 0.15) is 73.6 Å². The van der Waals surface area contributed by atoms with Gasteiger partial charge < -0.3 is 10.4 Å². The molecule has 1 aliphatic carbocycles. The van der Waals surface area contributed by atoms with Gasteiger partial charge in [0.15, 0.2) is 11.5 Å². The first kappa shape index (κ1) is 42.1. The summed E-state index contributed by atoms with van der Waals surface area (Å²) >= 11 is 0. The van der Waals surface area contributed by atoms with E-state index in [9.17, 15) is 40.3 Å². The van der Waals surface area contributed by atoms with E-state index >= 15 is 13.2 Å². The first-order valence-corrected chi connectivity index (χ1v) is 19.3. The highest BCUT2D eigenvalue weighted by atomic mass is 32.2. The first-order valence-electron chi connectivity index (χ1n) is 17.5. The fourth-order valence-corrected chi connectivity index (χ4v) is 7.51. The molecule has 0 unspecified atom stereocenters. The van der Waals surface area contributed by atoms with Gasteiger partial charge in [0, 0.05) is 35.7 Å². The number of rotatable bonds is 9. The molecule has 1 amide bonds. The molecule has 2 aromatic carbocycles. The van der Waals surface area contributed by atoms with Crippen molar-refractivity contribution >= 4 is 32.7 Å². The SMILES string of the molecule is C[C@@H]1c2c(C(F)(F)F)nn(CC(=O)N[C@@H](Cc3cc(F)cc(F)c3)c3nc(C#CC(C)(C)O)ccc3-c3ccc(F)c4c(NS(C)(=O)=O)nn(C)c34)c2C(F)(F)[C@@H]1C. The molecule has 3 aromatic heterocycles. The smallest absolute Gasteiger partial charge is 0.378 e. The van der Waals surface area contributed by atoms with Gasteiger partial charge in [0.2, 0.25) is 15.9 Å². The van der Waals surface area contributed by atoms with Crippen LogP contribution in [0.25, 0.3) is 22.0 Å². The average Bonchev–Trinajstić information content (AvgIpc) is 3.68. The number of sulfonamides is 1. The van der Waals surface area contributed by atoms with Gasteiger partial charge in [0.25, 0.3) is 5.92 Å². The molecule has 0 saturated heterocycles. The molecule has 3 atom stereocenters. The number of amides is 1. The largest absolute Gasteiger partial charge is 0.435 e. The summed E-state index contributed by atoms with van der Waals surface area (Å²) in [5.74, 6) is -5.82. The molecule has 0 aliphatic heterocycles. The van der Waals surface area contributed by atoms with Crippen LogP contribution in [-0.4, -0.2) is 55.8 Å². The van der Waals surface area contributed by atoms with Crippen LogP contribution in [0.5, 0.6) is 0 Å². The zero-order valence-corrected chi connectivity index (χ0v) is 32.3. The van der Waals surface area contributed by atoms with Crippen molar-refractivity contribution in [2.75, 3.05) is 11.0 Å². The summed E-state index contributed by atoms with van der Waals surface area (Å²) < 4.78 is 146. The van der Waals surface area contributed by atoms with Gasteiger partial charge in [-0.3, -0.25) is 18.9 Å². The lowest BCUT2D eigenvalue weighted by molar-refractivity contribution is -0.143. The lowest BCUT2D eigenvalue weighted by Gasteiger charge is -2.23. The Morgan fingerprint density at radius 3 is 2.26 bits per heavy atom. The van der Waals surface area contributed by atoms with E-state index in [1.165, 1.54) is 50.7 Å². The van der Waals surface area contributed by atoms with E-state index in [1.807, 2.05) is 0 Å². The Bertz CT molecular complexity index is 2620. The molecule has 308 valence electrons. The number of halogens is 8. The third-order valence-corrected chi connectivity index (χ3v) is 10.2. The molecule has 1 aliphatic rings. The molecule has 0 spiro atoms. The van der Waals surface area contributed by atoms with E-state index in [0.29, 0.717) is 10.7 Å². The van der Waals surface area contributed by atoms with Crippen LogP contribution < -0.4 is 10.0 Å². The molecule has 3 N–H and O–H groups in total. The fourth-order valence-electron chi connectivity index (χ4n) is 7.02. The Hall–Kier alpha value is -5.55. The molecular weight excluding hydrogens is 803 g/mol. The number of aryl methyl sites for hydroxylation is 1. The third-order valence-electron chi connectivity index (χ3n) is 9.60. The average molecular weight is 838 g/mol. The Kier molecular flexibility index (Phi) is 10.6. The number of aromatic nitrogens is 5. The molecule has 0 bridgehead atoms. The van der Waals surface area contributed by atoms with Crippen molar-refractivity contribution in [1.29, 1.82) is 0 Å². The molecule has 3 heterocycles. The maximum Gasteiger partial charge on any atom is 0.435 e. The van der Waals surface area contributed by atoms with Crippen LogP contribution in [0.4, 0.5) is 40.9 Å². The monoisotopic (exact) mass is 837 g/mol. The number of aliphatic hydroxyl groups is 1. The third kappa shape index (κ3) is 8.36. The Labute approximate surface area is 326 Å². The number of nitrogens with zero attached hydrogens (tertiary/aromatic N) is 5. The second-order valence-electron chi connectivity index (χ2n) is 14.7. The standard InChI is InChI=1S/C38H35F8N7O4S/c1-18-19(2)37(42,43)34-29(18)33(38(44,45)46)49-53(34)17-28(54)48-27(15-20-13-21(39)16-22(40)14-20)31-24(8-7-23(47-31)11-12-36(3,4)55)25-9-10-26(41)30-32(25)52(5)50-35(30)51-58(6,56)57/h7-10,13-14,16,18-19,27,55H,15,17H2,1-6H3,(H,48,54)(H,50,51)/t18-,19+,27-/m0/s1. The van der Waals surface area contributed by atoms with Crippen LogP contribution in [0.3, 0.4) is 0 Å². The van der Waals surface area contributed by atoms with Crippen molar-refractivity contribution in [2.24, 2.45) is 13.0 Å². The summed E-state index contributed by atoms with van der Waals surface area (Å²) in [7, 11) is -2.58. The topological polar surface area (TPSA) is 144 Å². The van der Waals surface area contributed by atoms with Crippen molar-refractivity contribution in [3.8, 4) is 23.0 Å². The van der Waals surface area contributed by atoms with Crippen LogP contribution in [0, 0.1) is 35.2 Å². The van der Waals surface area contributed by atoms with E-state index in [-0.39, 0.29) is 44.8 Å². The molecule has 58 heavy (non-hydrogen) atoms. The van der Waals surface area contributed by atoms with Gasteiger partial charge in [-0.05, 0) is 74.1 Å². The van der Waals surface area contributed by atoms with E-state index < -0.39 is 98.9 Å².